The molecule has 0 aliphatic heterocycles. The summed E-state index contributed by atoms with van der Waals surface area (Å²) < 4.78 is 2.39. The molecule has 11 rings (SSSR count). The maximum absolute atomic E-state index is 5.35. The minimum atomic E-state index is 0.618. The molecule has 0 saturated carbocycles. The highest BCUT2D eigenvalue weighted by atomic mass is 15.1. The minimum absolute atomic E-state index is 0.618. The molecule has 2 aromatic heterocycles. The van der Waals surface area contributed by atoms with Gasteiger partial charge in [-0.25, -0.2) is 15.0 Å². The van der Waals surface area contributed by atoms with Gasteiger partial charge < -0.3 is 4.57 Å². The highest BCUT2D eigenvalue weighted by molar-refractivity contribution is 6.26. The fraction of sp³-hybridized carbons (Fsp3) is 0. The molecule has 0 radical (unpaired) electrons. The van der Waals surface area contributed by atoms with Crippen LogP contribution in [0.2, 0.25) is 0 Å². The van der Waals surface area contributed by atoms with Gasteiger partial charge in [-0.15, -0.1) is 0 Å². The number of hydrogen-bond acceptors (Lipinski definition) is 3. The summed E-state index contributed by atoms with van der Waals surface area (Å²) in [6.07, 6.45) is 0. The molecule has 0 unspecified atom stereocenters. The molecule has 0 saturated heterocycles. The van der Waals surface area contributed by atoms with Crippen molar-refractivity contribution in [2.45, 2.75) is 0 Å². The Morgan fingerprint density at radius 2 is 0.636 bits per heavy atom. The third kappa shape index (κ3) is 5.11. The average Bonchev–Trinajstić information content (AvgIpc) is 3.61. The third-order valence-electron chi connectivity index (χ3n) is 10.8. The van der Waals surface area contributed by atoms with Crippen LogP contribution in [0.1, 0.15) is 0 Å². The van der Waals surface area contributed by atoms with Gasteiger partial charge in [0.05, 0.1) is 16.7 Å². The van der Waals surface area contributed by atoms with Crippen molar-refractivity contribution in [3.05, 3.63) is 194 Å². The lowest BCUT2D eigenvalue weighted by Gasteiger charge is -2.18. The molecule has 4 nitrogen and oxygen atoms in total. The van der Waals surface area contributed by atoms with Crippen molar-refractivity contribution in [2.24, 2.45) is 0 Å². The Kier molecular flexibility index (Phi) is 7.14. The van der Waals surface area contributed by atoms with E-state index in [0.29, 0.717) is 17.5 Å². The Morgan fingerprint density at radius 1 is 0.273 bits per heavy atom. The standard InChI is InChI=1S/C51H32N4/c1-3-15-33(16-4-1)34-27-29-36(30-28-34)50-52-49(35-17-5-2-6-18-35)53-51(54-50)45-31-43-39-21-9-7-19-37(39)38-20-8-10-22-40(38)44(43)32-48(45)55-46-25-13-11-23-41(46)42-24-12-14-26-47(42)55/h1-32H. The van der Waals surface area contributed by atoms with E-state index in [4.69, 9.17) is 15.0 Å². The highest BCUT2D eigenvalue weighted by Crippen LogP contribution is 2.42. The van der Waals surface area contributed by atoms with E-state index < -0.39 is 0 Å². The second-order valence-electron chi connectivity index (χ2n) is 14.0. The minimum Gasteiger partial charge on any atom is -0.308 e. The zero-order valence-electron chi connectivity index (χ0n) is 29.8. The van der Waals surface area contributed by atoms with Crippen molar-refractivity contribution in [2.75, 3.05) is 0 Å². The van der Waals surface area contributed by atoms with Crippen molar-refractivity contribution in [3.8, 4) is 51.0 Å². The molecule has 11 aromatic rings. The van der Waals surface area contributed by atoms with E-state index in [0.717, 1.165) is 44.4 Å². The fourth-order valence-corrected chi connectivity index (χ4v) is 8.27. The topological polar surface area (TPSA) is 43.6 Å². The van der Waals surface area contributed by atoms with Crippen molar-refractivity contribution < 1.29 is 0 Å². The van der Waals surface area contributed by atoms with Gasteiger partial charge in [-0.3, -0.25) is 0 Å². The van der Waals surface area contributed by atoms with Gasteiger partial charge in [-0.2, -0.15) is 0 Å². The second-order valence-corrected chi connectivity index (χ2v) is 14.0. The first-order chi connectivity index (χ1) is 27.3. The van der Waals surface area contributed by atoms with Crippen molar-refractivity contribution in [3.63, 3.8) is 0 Å². The Labute approximate surface area is 317 Å². The normalized spacial score (nSPS) is 11.6. The molecule has 256 valence electrons. The van der Waals surface area contributed by atoms with Crippen LogP contribution >= 0.6 is 0 Å². The van der Waals surface area contributed by atoms with Crippen molar-refractivity contribution in [1.29, 1.82) is 0 Å². The Hall–Kier alpha value is -7.43. The van der Waals surface area contributed by atoms with Gasteiger partial charge in [-0.05, 0) is 67.7 Å². The molecule has 0 amide bonds. The molecule has 0 atom stereocenters. The number of para-hydroxylation sites is 2. The van der Waals surface area contributed by atoms with Crippen LogP contribution in [0.3, 0.4) is 0 Å². The Morgan fingerprint density at radius 3 is 1.18 bits per heavy atom. The summed E-state index contributed by atoms with van der Waals surface area (Å²) in [5.41, 5.74) is 8.38. The lowest BCUT2D eigenvalue weighted by atomic mass is 9.92. The molecule has 0 aliphatic carbocycles. The first-order valence-electron chi connectivity index (χ1n) is 18.6. The quantitative estimate of drug-likeness (QED) is 0.168. The van der Waals surface area contributed by atoms with Crippen LogP contribution in [0.15, 0.2) is 194 Å². The number of fused-ring (bicyclic) bond motifs is 9. The highest BCUT2D eigenvalue weighted by Gasteiger charge is 2.22. The van der Waals surface area contributed by atoms with Crippen molar-refractivity contribution in [1.82, 2.24) is 19.5 Å². The predicted molar refractivity (Wildman–Crippen MR) is 228 cm³/mol. The summed E-state index contributed by atoms with van der Waals surface area (Å²) in [7, 11) is 0. The van der Waals surface area contributed by atoms with Crippen molar-refractivity contribution >= 4 is 54.1 Å². The smallest absolute Gasteiger partial charge is 0.166 e. The lowest BCUT2D eigenvalue weighted by Crippen LogP contribution is -2.04. The van der Waals surface area contributed by atoms with Crippen LogP contribution in [-0.2, 0) is 0 Å². The average molecular weight is 701 g/mol. The van der Waals surface area contributed by atoms with Gasteiger partial charge in [0.15, 0.2) is 17.5 Å². The van der Waals surface area contributed by atoms with Gasteiger partial charge in [0.1, 0.15) is 0 Å². The Bertz CT molecular complexity index is 3190. The first kappa shape index (κ1) is 31.1. The SMILES string of the molecule is c1ccc(-c2ccc(-c3nc(-c4ccccc4)nc(-c4cc5c6ccccc6c6ccccc6c5cc4-n4c5ccccc5c5ccccc54)n3)cc2)cc1. The molecule has 9 aromatic carbocycles. The number of benzene rings is 9. The van der Waals surface area contributed by atoms with E-state index in [1.54, 1.807) is 0 Å². The molecule has 0 spiro atoms. The summed E-state index contributed by atoms with van der Waals surface area (Å²) in [4.78, 5) is 15.8. The number of hydrogen-bond donors (Lipinski definition) is 0. The van der Waals surface area contributed by atoms with E-state index in [1.807, 2.05) is 24.3 Å². The summed E-state index contributed by atoms with van der Waals surface area (Å²) in [5.74, 6) is 1.87. The molecular formula is C51H32N4. The van der Waals surface area contributed by atoms with Crippen LogP contribution in [0.5, 0.6) is 0 Å². The van der Waals surface area contributed by atoms with E-state index in [-0.39, 0.29) is 0 Å². The van der Waals surface area contributed by atoms with Gasteiger partial charge in [0.25, 0.3) is 0 Å². The lowest BCUT2D eigenvalue weighted by molar-refractivity contribution is 1.07. The maximum Gasteiger partial charge on any atom is 0.166 e. The summed E-state index contributed by atoms with van der Waals surface area (Å²) in [6.45, 7) is 0. The van der Waals surface area contributed by atoms with Gasteiger partial charge in [0.2, 0.25) is 0 Å². The molecule has 0 bridgehead atoms. The van der Waals surface area contributed by atoms with E-state index in [9.17, 15) is 0 Å². The summed E-state index contributed by atoms with van der Waals surface area (Å²) >= 11 is 0. The fourth-order valence-electron chi connectivity index (χ4n) is 8.27. The van der Waals surface area contributed by atoms with Crippen LogP contribution < -0.4 is 0 Å². The summed E-state index contributed by atoms with van der Waals surface area (Å²) in [5, 5.41) is 9.61. The second kappa shape index (κ2) is 12.6. The van der Waals surface area contributed by atoms with Gasteiger partial charge in [0, 0.05) is 27.5 Å². The number of aromatic nitrogens is 4. The number of nitrogens with zero attached hydrogens (tertiary/aromatic N) is 4. The molecule has 55 heavy (non-hydrogen) atoms. The van der Waals surface area contributed by atoms with E-state index in [2.05, 4.69) is 174 Å². The zero-order valence-corrected chi connectivity index (χ0v) is 29.8. The van der Waals surface area contributed by atoms with Crippen LogP contribution in [0, 0.1) is 0 Å². The molecule has 0 fully saturated rings. The van der Waals surface area contributed by atoms with Gasteiger partial charge >= 0.3 is 0 Å². The largest absolute Gasteiger partial charge is 0.308 e. The Balaban J connectivity index is 1.25. The number of rotatable bonds is 5. The van der Waals surface area contributed by atoms with Gasteiger partial charge in [-0.1, -0.05) is 170 Å². The first-order valence-corrected chi connectivity index (χ1v) is 18.6. The molecule has 0 aliphatic rings. The predicted octanol–water partition coefficient (Wildman–Crippen LogP) is 13.1. The molecular weight excluding hydrogens is 669 g/mol. The van der Waals surface area contributed by atoms with Crippen LogP contribution in [0.4, 0.5) is 0 Å². The molecule has 0 N–H and O–H groups in total. The molecule has 2 heterocycles. The van der Waals surface area contributed by atoms with Crippen LogP contribution in [-0.4, -0.2) is 19.5 Å². The third-order valence-corrected chi connectivity index (χ3v) is 10.8. The monoisotopic (exact) mass is 700 g/mol. The summed E-state index contributed by atoms with van der Waals surface area (Å²) in [6, 6.07) is 68.6. The van der Waals surface area contributed by atoms with Crippen LogP contribution in [0.25, 0.3) is 105 Å². The zero-order chi connectivity index (χ0) is 36.3. The van der Waals surface area contributed by atoms with E-state index >= 15 is 0 Å². The maximum atomic E-state index is 5.35. The molecule has 4 heteroatoms. The van der Waals surface area contributed by atoms with E-state index in [1.165, 1.54) is 43.3 Å².